The summed E-state index contributed by atoms with van der Waals surface area (Å²) < 4.78 is 72.5. The molecule has 2 amide bonds. The summed E-state index contributed by atoms with van der Waals surface area (Å²) in [7, 11) is 1.70. The van der Waals surface area contributed by atoms with Crippen molar-refractivity contribution in [3.05, 3.63) is 88.2 Å². The highest BCUT2D eigenvalue weighted by atomic mass is 19.2. The number of aromatic amines is 1. The Kier molecular flexibility index (Phi) is 9.50. The van der Waals surface area contributed by atoms with E-state index >= 15 is 0 Å². The molecule has 0 saturated heterocycles. The molecule has 236 valence electrons. The fourth-order valence-corrected chi connectivity index (χ4v) is 5.47. The third kappa shape index (κ3) is 7.00. The highest BCUT2D eigenvalue weighted by Crippen LogP contribution is 2.35. The molecule has 1 aromatic heterocycles. The Morgan fingerprint density at radius 2 is 1.56 bits per heavy atom. The number of halogens is 5. The van der Waals surface area contributed by atoms with Gasteiger partial charge in [-0.2, -0.15) is 8.78 Å². The minimum absolute atomic E-state index is 0.0303. The standard InChI is InChI=1S/C33H30F5N3O4/c1-41(26(42)6-4-2-3-5-7-27(43)45-32-29(37)23(35)16-24(36)30(32)38)17-18-8-10-19(11-9-18)31-21-12-13-39-33(44)22-14-20(34)15-25(40-31)28(21)22/h8-11,14-16,40H,2-7,12-13,17H2,1H3,(H,39,44). The van der Waals surface area contributed by atoms with E-state index < -0.39 is 40.8 Å². The number of amides is 2. The Hall–Kier alpha value is -4.74. The maximum absolute atomic E-state index is 14.2. The lowest BCUT2D eigenvalue weighted by Crippen LogP contribution is -2.25. The first kappa shape index (κ1) is 31.7. The van der Waals surface area contributed by atoms with Crippen LogP contribution in [0, 0.1) is 29.1 Å². The quantitative estimate of drug-likeness (QED) is 0.0635. The fraction of sp³-hybridized carbons (Fsp3) is 0.303. The average molecular weight is 628 g/mol. The number of hydrogen-bond donors (Lipinski definition) is 2. The topological polar surface area (TPSA) is 91.5 Å². The first-order valence-electron chi connectivity index (χ1n) is 14.5. The van der Waals surface area contributed by atoms with Gasteiger partial charge in [0.15, 0.2) is 11.6 Å². The number of hydrogen-bond acceptors (Lipinski definition) is 4. The van der Waals surface area contributed by atoms with Gasteiger partial charge in [0.05, 0.1) is 5.56 Å². The molecule has 2 N–H and O–H groups in total. The van der Waals surface area contributed by atoms with Crippen LogP contribution in [0.3, 0.4) is 0 Å². The molecule has 45 heavy (non-hydrogen) atoms. The van der Waals surface area contributed by atoms with E-state index in [0.717, 1.165) is 27.8 Å². The fourth-order valence-electron chi connectivity index (χ4n) is 5.47. The predicted molar refractivity (Wildman–Crippen MR) is 156 cm³/mol. The maximum atomic E-state index is 14.2. The van der Waals surface area contributed by atoms with E-state index in [4.69, 9.17) is 0 Å². The van der Waals surface area contributed by atoms with E-state index in [1.807, 2.05) is 24.3 Å². The van der Waals surface area contributed by atoms with E-state index in [2.05, 4.69) is 15.0 Å². The lowest BCUT2D eigenvalue weighted by Gasteiger charge is -2.17. The normalized spacial score (nSPS) is 12.6. The van der Waals surface area contributed by atoms with Crippen LogP contribution in [-0.2, 0) is 22.6 Å². The summed E-state index contributed by atoms with van der Waals surface area (Å²) in [6, 6.07) is 10.3. The number of nitrogens with zero attached hydrogens (tertiary/aromatic N) is 1. The van der Waals surface area contributed by atoms with Gasteiger partial charge in [-0.1, -0.05) is 37.1 Å². The van der Waals surface area contributed by atoms with Crippen LogP contribution in [0.5, 0.6) is 5.75 Å². The number of nitrogens with one attached hydrogen (secondary N) is 2. The first-order chi connectivity index (χ1) is 21.5. The molecule has 0 fully saturated rings. The van der Waals surface area contributed by atoms with Gasteiger partial charge < -0.3 is 19.9 Å². The Bertz CT molecular complexity index is 1740. The summed E-state index contributed by atoms with van der Waals surface area (Å²) in [5.41, 5.74) is 4.42. The van der Waals surface area contributed by atoms with Crippen LogP contribution < -0.4 is 10.1 Å². The van der Waals surface area contributed by atoms with Crippen LogP contribution in [0.1, 0.15) is 60.0 Å². The Labute approximate surface area is 255 Å². The number of ether oxygens (including phenoxy) is 1. The lowest BCUT2D eigenvalue weighted by molar-refractivity contribution is -0.135. The van der Waals surface area contributed by atoms with Gasteiger partial charge in [0.25, 0.3) is 5.91 Å². The number of H-pyrrole nitrogens is 1. The largest absolute Gasteiger partial charge is 0.420 e. The second-order valence-electron chi connectivity index (χ2n) is 11.0. The van der Waals surface area contributed by atoms with E-state index in [1.165, 1.54) is 12.1 Å². The van der Waals surface area contributed by atoms with Gasteiger partial charge in [0, 0.05) is 55.6 Å². The average Bonchev–Trinajstić information content (AvgIpc) is 3.28. The zero-order valence-corrected chi connectivity index (χ0v) is 24.4. The molecule has 12 heteroatoms. The lowest BCUT2D eigenvalue weighted by atomic mass is 9.99. The molecule has 4 aromatic rings. The maximum Gasteiger partial charge on any atom is 0.311 e. The monoisotopic (exact) mass is 627 g/mol. The molecular formula is C33H30F5N3O4. The summed E-state index contributed by atoms with van der Waals surface area (Å²) in [5, 5.41) is 3.53. The molecule has 0 unspecified atom stereocenters. The van der Waals surface area contributed by atoms with Crippen molar-refractivity contribution in [1.82, 2.24) is 15.2 Å². The summed E-state index contributed by atoms with van der Waals surface area (Å²) in [5.74, 6) is -10.2. The van der Waals surface area contributed by atoms with Crippen molar-refractivity contribution in [2.24, 2.45) is 0 Å². The van der Waals surface area contributed by atoms with Gasteiger partial charge in [-0.3, -0.25) is 14.4 Å². The van der Waals surface area contributed by atoms with Gasteiger partial charge >= 0.3 is 5.97 Å². The zero-order valence-electron chi connectivity index (χ0n) is 24.4. The van der Waals surface area contributed by atoms with Crippen molar-refractivity contribution in [2.75, 3.05) is 13.6 Å². The summed E-state index contributed by atoms with van der Waals surface area (Å²) >= 11 is 0. The zero-order chi connectivity index (χ0) is 32.2. The predicted octanol–water partition coefficient (Wildman–Crippen LogP) is 6.72. The van der Waals surface area contributed by atoms with E-state index in [9.17, 15) is 36.3 Å². The number of unbranched alkanes of at least 4 members (excludes halogenated alkanes) is 3. The number of esters is 1. The molecule has 0 spiro atoms. The minimum Gasteiger partial charge on any atom is -0.420 e. The Morgan fingerprint density at radius 1 is 0.889 bits per heavy atom. The van der Waals surface area contributed by atoms with Gasteiger partial charge in [0.1, 0.15) is 5.82 Å². The van der Waals surface area contributed by atoms with Gasteiger partial charge in [-0.25, -0.2) is 13.2 Å². The molecule has 7 nitrogen and oxygen atoms in total. The van der Waals surface area contributed by atoms with Gasteiger partial charge in [-0.05, 0) is 48.1 Å². The van der Waals surface area contributed by atoms with E-state index in [-0.39, 0.29) is 30.7 Å². The molecule has 0 aliphatic carbocycles. The smallest absolute Gasteiger partial charge is 0.311 e. The van der Waals surface area contributed by atoms with E-state index in [1.54, 1.807) is 11.9 Å². The SMILES string of the molecule is CN(Cc1ccc(-c2[nH]c3cc(F)cc4c3c2CCNC4=O)cc1)C(=O)CCCCCCC(=O)Oc1c(F)c(F)cc(F)c1F. The first-order valence-corrected chi connectivity index (χ1v) is 14.5. The number of carbonyl (C=O) groups excluding carboxylic acids is 3. The van der Waals surface area contributed by atoms with Crippen LogP contribution in [-0.4, -0.2) is 41.3 Å². The van der Waals surface area contributed by atoms with Crippen molar-refractivity contribution in [2.45, 2.75) is 51.5 Å². The summed E-state index contributed by atoms with van der Waals surface area (Å²) in [4.78, 5) is 41.9. The number of rotatable bonds is 11. The highest BCUT2D eigenvalue weighted by molar-refractivity contribution is 6.10. The third-order valence-electron chi connectivity index (χ3n) is 7.77. The van der Waals surface area contributed by atoms with Gasteiger partial charge in [-0.15, -0.1) is 0 Å². The van der Waals surface area contributed by atoms with E-state index in [0.29, 0.717) is 56.3 Å². The molecule has 0 saturated carbocycles. The van der Waals surface area contributed by atoms with Crippen molar-refractivity contribution in [3.63, 3.8) is 0 Å². The van der Waals surface area contributed by atoms with Crippen LogP contribution in [0.4, 0.5) is 22.0 Å². The minimum atomic E-state index is -1.78. The molecule has 0 atom stereocenters. The third-order valence-corrected chi connectivity index (χ3v) is 7.77. The van der Waals surface area contributed by atoms with Crippen molar-refractivity contribution in [3.8, 4) is 17.0 Å². The number of aromatic nitrogens is 1. The molecule has 0 bridgehead atoms. The van der Waals surface area contributed by atoms with Crippen LogP contribution in [0.2, 0.25) is 0 Å². The van der Waals surface area contributed by atoms with Gasteiger partial charge in [0.2, 0.25) is 23.3 Å². The Balaban J connectivity index is 1.08. The highest BCUT2D eigenvalue weighted by Gasteiger charge is 2.24. The van der Waals surface area contributed by atoms with Crippen LogP contribution in [0.25, 0.3) is 22.2 Å². The molecule has 5 rings (SSSR count). The van der Waals surface area contributed by atoms with Crippen molar-refractivity contribution in [1.29, 1.82) is 0 Å². The molecule has 3 aromatic carbocycles. The number of benzene rings is 3. The van der Waals surface area contributed by atoms with Crippen LogP contribution >= 0.6 is 0 Å². The second kappa shape index (κ2) is 13.5. The molecule has 1 aliphatic heterocycles. The summed E-state index contributed by atoms with van der Waals surface area (Å²) in [6.45, 7) is 0.819. The Morgan fingerprint density at radius 3 is 2.24 bits per heavy atom. The summed E-state index contributed by atoms with van der Waals surface area (Å²) in [6.07, 6.45) is 2.66. The van der Waals surface area contributed by atoms with Crippen LogP contribution in [0.15, 0.2) is 42.5 Å². The number of carbonyl (C=O) groups is 3. The van der Waals surface area contributed by atoms with Crippen molar-refractivity contribution < 1.29 is 41.1 Å². The van der Waals surface area contributed by atoms with Crippen molar-refractivity contribution >= 4 is 28.7 Å². The molecular weight excluding hydrogens is 597 g/mol. The molecule has 0 radical (unpaired) electrons. The second-order valence-corrected chi connectivity index (χ2v) is 11.0. The molecule has 2 heterocycles. The molecule has 1 aliphatic rings.